The molecule has 0 bridgehead atoms. The highest BCUT2D eigenvalue weighted by Crippen LogP contribution is 2.37. The number of aromatic nitrogens is 3. The molecule has 0 unspecified atom stereocenters. The number of rotatable bonds is 9. The molecule has 0 aliphatic carbocycles. The van der Waals surface area contributed by atoms with Crippen molar-refractivity contribution in [2.75, 3.05) is 36.8 Å². The number of nitrogens with zero attached hydrogens (tertiary/aromatic N) is 4. The summed E-state index contributed by atoms with van der Waals surface area (Å²) in [4.78, 5) is 51.6. The van der Waals surface area contributed by atoms with Gasteiger partial charge in [-0.25, -0.2) is 4.98 Å². The van der Waals surface area contributed by atoms with Crippen molar-refractivity contribution in [3.63, 3.8) is 0 Å². The summed E-state index contributed by atoms with van der Waals surface area (Å²) in [6.45, 7) is 11.7. The molecule has 246 valence electrons. The van der Waals surface area contributed by atoms with E-state index in [-0.39, 0.29) is 11.5 Å². The Morgan fingerprint density at radius 1 is 0.979 bits per heavy atom. The molecule has 0 spiro atoms. The van der Waals surface area contributed by atoms with Crippen LogP contribution in [0.2, 0.25) is 5.02 Å². The Balaban J connectivity index is 1.20. The zero-order chi connectivity index (χ0) is 33.2. The van der Waals surface area contributed by atoms with Crippen LogP contribution in [0, 0.1) is 12.8 Å². The quantitative estimate of drug-likeness (QED) is 0.208. The first-order chi connectivity index (χ1) is 22.6. The third kappa shape index (κ3) is 7.05. The minimum Gasteiger partial charge on any atom is -0.328 e. The number of likely N-dealkylation sites (tertiary alicyclic amines) is 1. The largest absolute Gasteiger partial charge is 0.328 e. The molecule has 10 nitrogen and oxygen atoms in total. The van der Waals surface area contributed by atoms with E-state index in [0.29, 0.717) is 40.2 Å². The first kappa shape index (κ1) is 32.7. The van der Waals surface area contributed by atoms with Crippen molar-refractivity contribution >= 4 is 34.8 Å². The third-order valence-corrected chi connectivity index (χ3v) is 9.50. The number of benzene rings is 2. The first-order valence-electron chi connectivity index (χ1n) is 16.3. The highest BCUT2D eigenvalue weighted by Gasteiger charge is 2.26. The van der Waals surface area contributed by atoms with Crippen molar-refractivity contribution in [1.29, 1.82) is 0 Å². The molecule has 4 heterocycles. The molecule has 6 rings (SSSR count). The molecular formula is C36H42ClN7O3. The average molecular weight is 656 g/mol. The van der Waals surface area contributed by atoms with Gasteiger partial charge in [0, 0.05) is 62.8 Å². The molecular weight excluding hydrogens is 614 g/mol. The number of pyridine rings is 1. The van der Waals surface area contributed by atoms with Crippen molar-refractivity contribution in [2.24, 2.45) is 13.0 Å². The summed E-state index contributed by atoms with van der Waals surface area (Å²) in [5.74, 6) is 0.102. The fourth-order valence-electron chi connectivity index (χ4n) is 6.71. The number of fused-ring (bicyclic) bond motifs is 1. The lowest BCUT2D eigenvalue weighted by molar-refractivity contribution is 0.101. The van der Waals surface area contributed by atoms with Crippen molar-refractivity contribution in [3.8, 4) is 11.1 Å². The maximum atomic E-state index is 13.5. The van der Waals surface area contributed by atoms with Gasteiger partial charge in [-0.2, -0.15) is 0 Å². The predicted molar refractivity (Wildman–Crippen MR) is 186 cm³/mol. The summed E-state index contributed by atoms with van der Waals surface area (Å²) in [5, 5.41) is 6.28. The zero-order valence-corrected chi connectivity index (χ0v) is 28.2. The average Bonchev–Trinajstić information content (AvgIpc) is 3.67. The lowest BCUT2D eigenvalue weighted by atomic mass is 9.98. The monoisotopic (exact) mass is 655 g/mol. The summed E-state index contributed by atoms with van der Waals surface area (Å²) in [7, 11) is 1.89. The van der Waals surface area contributed by atoms with Crippen LogP contribution in [0.4, 0.5) is 11.4 Å². The van der Waals surface area contributed by atoms with Gasteiger partial charge in [0.15, 0.2) is 5.82 Å². The van der Waals surface area contributed by atoms with E-state index in [2.05, 4.69) is 39.3 Å². The van der Waals surface area contributed by atoms with Crippen LogP contribution in [-0.4, -0.2) is 62.3 Å². The summed E-state index contributed by atoms with van der Waals surface area (Å²) in [5.41, 5.74) is 5.85. The predicted octanol–water partition coefficient (Wildman–Crippen LogP) is 5.85. The van der Waals surface area contributed by atoms with Crippen LogP contribution < -0.4 is 16.2 Å². The summed E-state index contributed by atoms with van der Waals surface area (Å²) in [6, 6.07) is 12.7. The van der Waals surface area contributed by atoms with Crippen molar-refractivity contribution < 1.29 is 9.59 Å². The van der Waals surface area contributed by atoms with Gasteiger partial charge < -0.3 is 20.2 Å². The Hall–Kier alpha value is -4.25. The van der Waals surface area contributed by atoms with E-state index < -0.39 is 11.5 Å². The number of imidazole rings is 1. The van der Waals surface area contributed by atoms with Gasteiger partial charge >= 0.3 is 0 Å². The molecule has 3 N–H and O–H groups in total. The standard InChI is InChI=1S/C36H42ClN7O3/c1-22(2)19-44-16-13-31-30(21-44)39-33(42(31)4)36(47)41-29-12-8-10-26(32(29)37)25-9-7-11-28(23(25)3)40-35(46)27-17-24(18-38-34(27)45)20-43-14-5-6-15-43/h7-12,17-18,22H,5-6,13-16,19-21H2,1-4H3,(H,38,45)(H,40,46)(H,41,47). The molecule has 1 fully saturated rings. The lowest BCUT2D eigenvalue weighted by Crippen LogP contribution is -2.33. The van der Waals surface area contributed by atoms with E-state index in [1.165, 1.54) is 0 Å². The van der Waals surface area contributed by atoms with Gasteiger partial charge in [0.2, 0.25) is 0 Å². The second kappa shape index (κ2) is 13.9. The number of hydrogen-bond acceptors (Lipinski definition) is 6. The van der Waals surface area contributed by atoms with Crippen LogP contribution in [-0.2, 0) is 26.6 Å². The number of H-pyrrole nitrogens is 1. The van der Waals surface area contributed by atoms with Gasteiger partial charge in [0.1, 0.15) is 5.56 Å². The number of halogens is 1. The molecule has 0 radical (unpaired) electrons. The van der Waals surface area contributed by atoms with Gasteiger partial charge in [-0.1, -0.05) is 49.7 Å². The summed E-state index contributed by atoms with van der Waals surface area (Å²) < 4.78 is 1.89. The number of carbonyl (C=O) groups excluding carboxylic acids is 2. The van der Waals surface area contributed by atoms with Crippen LogP contribution in [0.3, 0.4) is 0 Å². The maximum Gasteiger partial charge on any atom is 0.291 e. The molecule has 1 saturated heterocycles. The Bertz CT molecular complexity index is 1870. The molecule has 2 aromatic heterocycles. The second-order valence-electron chi connectivity index (χ2n) is 13.1. The molecule has 4 aromatic rings. The van der Waals surface area contributed by atoms with E-state index in [4.69, 9.17) is 16.6 Å². The smallest absolute Gasteiger partial charge is 0.291 e. The van der Waals surface area contributed by atoms with Crippen molar-refractivity contribution in [1.82, 2.24) is 24.3 Å². The molecule has 11 heteroatoms. The van der Waals surface area contributed by atoms with E-state index in [1.54, 1.807) is 24.4 Å². The van der Waals surface area contributed by atoms with Crippen LogP contribution >= 0.6 is 11.6 Å². The van der Waals surface area contributed by atoms with E-state index in [1.807, 2.05) is 42.8 Å². The fraction of sp³-hybridized carbons (Fsp3) is 0.389. The van der Waals surface area contributed by atoms with E-state index >= 15 is 0 Å². The highest BCUT2D eigenvalue weighted by atomic mass is 35.5. The highest BCUT2D eigenvalue weighted by molar-refractivity contribution is 6.36. The number of aromatic amines is 1. The minimum atomic E-state index is -0.480. The molecule has 2 aromatic carbocycles. The van der Waals surface area contributed by atoms with Crippen LogP contribution in [0.15, 0.2) is 53.5 Å². The topological polar surface area (TPSA) is 115 Å². The fourth-order valence-corrected chi connectivity index (χ4v) is 6.99. The zero-order valence-electron chi connectivity index (χ0n) is 27.5. The van der Waals surface area contributed by atoms with Gasteiger partial charge in [0.05, 0.1) is 16.4 Å². The van der Waals surface area contributed by atoms with Crippen LogP contribution in [0.1, 0.15) is 70.2 Å². The first-order valence-corrected chi connectivity index (χ1v) is 16.7. The summed E-state index contributed by atoms with van der Waals surface area (Å²) in [6.07, 6.45) is 4.85. The number of anilines is 2. The Labute approximate surface area is 280 Å². The molecule has 0 atom stereocenters. The van der Waals surface area contributed by atoms with Crippen LogP contribution in [0.25, 0.3) is 11.1 Å². The van der Waals surface area contributed by atoms with Gasteiger partial charge in [-0.05, 0) is 73.7 Å². The Kier molecular flexibility index (Phi) is 9.63. The molecule has 2 aliphatic heterocycles. The van der Waals surface area contributed by atoms with E-state index in [0.717, 1.165) is 80.1 Å². The second-order valence-corrected chi connectivity index (χ2v) is 13.4. The van der Waals surface area contributed by atoms with Gasteiger partial charge in [0.25, 0.3) is 17.4 Å². The molecule has 2 aliphatic rings. The van der Waals surface area contributed by atoms with Gasteiger partial charge in [-0.15, -0.1) is 0 Å². The number of hydrogen-bond donors (Lipinski definition) is 3. The number of carbonyl (C=O) groups is 2. The molecule has 0 saturated carbocycles. The van der Waals surface area contributed by atoms with Crippen LogP contribution in [0.5, 0.6) is 0 Å². The number of nitrogens with one attached hydrogen (secondary N) is 3. The normalized spacial score (nSPS) is 15.2. The molecule has 2 amide bonds. The van der Waals surface area contributed by atoms with Crippen molar-refractivity contribution in [3.05, 3.63) is 97.9 Å². The maximum absolute atomic E-state index is 13.5. The lowest BCUT2D eigenvalue weighted by Gasteiger charge is -2.27. The number of amides is 2. The third-order valence-electron chi connectivity index (χ3n) is 9.09. The van der Waals surface area contributed by atoms with Gasteiger partial charge in [-0.3, -0.25) is 24.2 Å². The Morgan fingerprint density at radius 3 is 2.43 bits per heavy atom. The Morgan fingerprint density at radius 2 is 1.68 bits per heavy atom. The summed E-state index contributed by atoms with van der Waals surface area (Å²) >= 11 is 6.93. The SMILES string of the molecule is Cc1c(NC(=O)c2cc(CN3CCCC3)c[nH]c2=O)cccc1-c1cccc(NC(=O)c2nc3c(n2C)CCN(CC(C)C)C3)c1Cl. The van der Waals surface area contributed by atoms with Crippen molar-refractivity contribution in [2.45, 2.75) is 53.1 Å². The van der Waals surface area contributed by atoms with E-state index in [9.17, 15) is 14.4 Å². The minimum absolute atomic E-state index is 0.0674. The molecule has 47 heavy (non-hydrogen) atoms.